The van der Waals surface area contributed by atoms with Gasteiger partial charge in [-0.2, -0.15) is 10.4 Å². The van der Waals surface area contributed by atoms with E-state index >= 15 is 0 Å². The molecular formula is C18H19N5O3. The molecule has 3 rings (SSSR count). The van der Waals surface area contributed by atoms with Crippen molar-refractivity contribution < 1.29 is 9.72 Å². The van der Waals surface area contributed by atoms with Gasteiger partial charge in [0.25, 0.3) is 11.6 Å². The van der Waals surface area contributed by atoms with Gasteiger partial charge in [0, 0.05) is 37.0 Å². The summed E-state index contributed by atoms with van der Waals surface area (Å²) in [6.45, 7) is 1.78. The molecule has 8 nitrogen and oxygen atoms in total. The van der Waals surface area contributed by atoms with Crippen LogP contribution in [0.2, 0.25) is 0 Å². The number of nitro benzene ring substituents is 1. The van der Waals surface area contributed by atoms with Crippen LogP contribution in [-0.4, -0.2) is 38.6 Å². The SMILES string of the molecule is N#CCCn1cc(C(=O)N2CCCCC2)c(-c2cccc([N+](=O)[O-])c2)n1. The Balaban J connectivity index is 2.00. The predicted molar refractivity (Wildman–Crippen MR) is 94.3 cm³/mol. The van der Waals surface area contributed by atoms with Crippen molar-refractivity contribution in [2.45, 2.75) is 32.2 Å². The fraction of sp³-hybridized carbons (Fsp3) is 0.389. The van der Waals surface area contributed by atoms with Gasteiger partial charge in [0.2, 0.25) is 0 Å². The van der Waals surface area contributed by atoms with Gasteiger partial charge in [0.05, 0.1) is 29.5 Å². The van der Waals surface area contributed by atoms with E-state index in [1.807, 2.05) is 0 Å². The number of hydrogen-bond donors (Lipinski definition) is 0. The molecule has 1 fully saturated rings. The number of aryl methyl sites for hydroxylation is 1. The molecule has 0 spiro atoms. The molecule has 0 unspecified atom stereocenters. The second kappa shape index (κ2) is 7.78. The molecule has 1 aliphatic rings. The predicted octanol–water partition coefficient (Wildman–Crippen LogP) is 3.00. The van der Waals surface area contributed by atoms with Crippen LogP contribution in [0.1, 0.15) is 36.0 Å². The third kappa shape index (κ3) is 3.72. The maximum atomic E-state index is 13.0. The summed E-state index contributed by atoms with van der Waals surface area (Å²) in [6.07, 6.45) is 4.97. The molecule has 1 saturated heterocycles. The zero-order valence-electron chi connectivity index (χ0n) is 14.3. The monoisotopic (exact) mass is 353 g/mol. The topological polar surface area (TPSA) is 105 Å². The van der Waals surface area contributed by atoms with Crippen molar-refractivity contribution in [1.29, 1.82) is 5.26 Å². The molecule has 2 aromatic rings. The number of non-ortho nitro benzene ring substituents is 1. The molecule has 0 aliphatic carbocycles. The van der Waals surface area contributed by atoms with Gasteiger partial charge in [0.15, 0.2) is 0 Å². The normalized spacial score (nSPS) is 14.0. The van der Waals surface area contributed by atoms with Crippen molar-refractivity contribution >= 4 is 11.6 Å². The van der Waals surface area contributed by atoms with E-state index in [9.17, 15) is 14.9 Å². The summed E-state index contributed by atoms with van der Waals surface area (Å²) in [5.41, 5.74) is 1.31. The quantitative estimate of drug-likeness (QED) is 0.607. The number of rotatable bonds is 5. The van der Waals surface area contributed by atoms with E-state index in [1.54, 1.807) is 27.9 Å². The molecule has 1 aromatic carbocycles. The first kappa shape index (κ1) is 17.6. The number of amides is 1. The van der Waals surface area contributed by atoms with Crippen LogP contribution in [0.5, 0.6) is 0 Å². The lowest BCUT2D eigenvalue weighted by Crippen LogP contribution is -2.35. The van der Waals surface area contributed by atoms with Gasteiger partial charge >= 0.3 is 0 Å². The second-order valence-corrected chi connectivity index (χ2v) is 6.22. The molecule has 134 valence electrons. The minimum Gasteiger partial charge on any atom is -0.339 e. The first-order valence-corrected chi connectivity index (χ1v) is 8.58. The summed E-state index contributed by atoms with van der Waals surface area (Å²) in [5, 5.41) is 24.3. The standard InChI is InChI=1S/C18H19N5O3/c19-8-5-11-22-13-16(18(24)21-9-2-1-3-10-21)17(20-22)14-6-4-7-15(12-14)23(25)26/h4,6-7,12-13H,1-3,5,9-11H2. The van der Waals surface area contributed by atoms with Gasteiger partial charge in [-0.1, -0.05) is 12.1 Å². The number of hydrogen-bond acceptors (Lipinski definition) is 5. The number of nitrogens with zero attached hydrogens (tertiary/aromatic N) is 5. The Hall–Kier alpha value is -3.21. The van der Waals surface area contributed by atoms with Crippen molar-refractivity contribution in [3.8, 4) is 17.3 Å². The van der Waals surface area contributed by atoms with Gasteiger partial charge in [-0.15, -0.1) is 0 Å². The Morgan fingerprint density at radius 2 is 2.08 bits per heavy atom. The van der Waals surface area contributed by atoms with Crippen LogP contribution in [0.25, 0.3) is 11.3 Å². The number of nitro groups is 1. The molecule has 0 bridgehead atoms. The van der Waals surface area contributed by atoms with Crippen LogP contribution in [0.15, 0.2) is 30.5 Å². The zero-order valence-corrected chi connectivity index (χ0v) is 14.3. The van der Waals surface area contributed by atoms with Crippen molar-refractivity contribution in [2.24, 2.45) is 0 Å². The Labute approximate surface area is 150 Å². The Kier molecular flexibility index (Phi) is 5.27. The largest absolute Gasteiger partial charge is 0.339 e. The first-order valence-electron chi connectivity index (χ1n) is 8.58. The maximum Gasteiger partial charge on any atom is 0.270 e. The molecule has 1 aromatic heterocycles. The summed E-state index contributed by atoms with van der Waals surface area (Å²) < 4.78 is 1.56. The van der Waals surface area contributed by atoms with Crippen LogP contribution in [0.3, 0.4) is 0 Å². The van der Waals surface area contributed by atoms with E-state index in [2.05, 4.69) is 11.2 Å². The van der Waals surface area contributed by atoms with E-state index in [1.165, 1.54) is 12.1 Å². The lowest BCUT2D eigenvalue weighted by atomic mass is 10.0. The molecule has 8 heteroatoms. The molecule has 2 heterocycles. The number of nitriles is 1. The summed E-state index contributed by atoms with van der Waals surface area (Å²) in [5.74, 6) is -0.116. The third-order valence-corrected chi connectivity index (χ3v) is 4.42. The molecular weight excluding hydrogens is 334 g/mol. The molecule has 0 N–H and O–H groups in total. The van der Waals surface area contributed by atoms with Crippen LogP contribution < -0.4 is 0 Å². The number of carbonyl (C=O) groups is 1. The van der Waals surface area contributed by atoms with Crippen molar-refractivity contribution in [1.82, 2.24) is 14.7 Å². The van der Waals surface area contributed by atoms with Crippen LogP contribution >= 0.6 is 0 Å². The van der Waals surface area contributed by atoms with Crippen molar-refractivity contribution in [3.63, 3.8) is 0 Å². The van der Waals surface area contributed by atoms with Gasteiger partial charge in [-0.25, -0.2) is 0 Å². The fourth-order valence-corrected chi connectivity index (χ4v) is 3.10. The summed E-state index contributed by atoms with van der Waals surface area (Å²) in [7, 11) is 0. The van der Waals surface area contributed by atoms with Gasteiger partial charge in [-0.05, 0) is 19.3 Å². The highest BCUT2D eigenvalue weighted by Crippen LogP contribution is 2.27. The lowest BCUT2D eigenvalue weighted by Gasteiger charge is -2.26. The van der Waals surface area contributed by atoms with Crippen molar-refractivity contribution in [2.75, 3.05) is 13.1 Å². The molecule has 0 atom stereocenters. The number of likely N-dealkylation sites (tertiary alicyclic amines) is 1. The van der Waals surface area contributed by atoms with Crippen LogP contribution in [0, 0.1) is 21.4 Å². The van der Waals surface area contributed by atoms with Gasteiger partial charge in [0.1, 0.15) is 5.69 Å². The zero-order chi connectivity index (χ0) is 18.5. The van der Waals surface area contributed by atoms with Gasteiger partial charge < -0.3 is 4.90 Å². The second-order valence-electron chi connectivity index (χ2n) is 6.22. The van der Waals surface area contributed by atoms with Gasteiger partial charge in [-0.3, -0.25) is 19.6 Å². The highest BCUT2D eigenvalue weighted by molar-refractivity contribution is 6.00. The average molecular weight is 353 g/mol. The third-order valence-electron chi connectivity index (χ3n) is 4.42. The summed E-state index contributed by atoms with van der Waals surface area (Å²) >= 11 is 0. The molecule has 26 heavy (non-hydrogen) atoms. The van der Waals surface area contributed by atoms with Crippen molar-refractivity contribution in [3.05, 3.63) is 46.1 Å². The number of benzene rings is 1. The molecule has 1 aliphatic heterocycles. The van der Waals surface area contributed by atoms with E-state index in [0.29, 0.717) is 36.5 Å². The Morgan fingerprint density at radius 3 is 2.77 bits per heavy atom. The van der Waals surface area contributed by atoms with E-state index < -0.39 is 4.92 Å². The van der Waals surface area contributed by atoms with Crippen LogP contribution in [-0.2, 0) is 6.54 Å². The number of aromatic nitrogens is 2. The Bertz CT molecular complexity index is 862. The fourth-order valence-electron chi connectivity index (χ4n) is 3.10. The van der Waals surface area contributed by atoms with E-state index in [-0.39, 0.29) is 18.0 Å². The highest BCUT2D eigenvalue weighted by Gasteiger charge is 2.25. The number of piperidine rings is 1. The molecule has 0 radical (unpaired) electrons. The minimum atomic E-state index is -0.470. The first-order chi connectivity index (χ1) is 12.6. The maximum absolute atomic E-state index is 13.0. The molecule has 0 saturated carbocycles. The van der Waals surface area contributed by atoms with Crippen LogP contribution in [0.4, 0.5) is 5.69 Å². The summed E-state index contributed by atoms with van der Waals surface area (Å²) in [4.78, 5) is 25.4. The minimum absolute atomic E-state index is 0.0505. The van der Waals surface area contributed by atoms with E-state index in [0.717, 1.165) is 19.3 Å². The van der Waals surface area contributed by atoms with E-state index in [4.69, 9.17) is 5.26 Å². The summed E-state index contributed by atoms with van der Waals surface area (Å²) in [6, 6.07) is 8.17. The number of carbonyl (C=O) groups excluding carboxylic acids is 1. The molecule has 1 amide bonds. The highest BCUT2D eigenvalue weighted by atomic mass is 16.6. The lowest BCUT2D eigenvalue weighted by molar-refractivity contribution is -0.384. The Morgan fingerprint density at radius 1 is 1.31 bits per heavy atom. The smallest absolute Gasteiger partial charge is 0.270 e. The average Bonchev–Trinajstić information content (AvgIpc) is 3.10.